The van der Waals surface area contributed by atoms with Crippen molar-refractivity contribution in [1.82, 2.24) is 14.9 Å². The first-order valence-electron chi connectivity index (χ1n) is 13.8. The number of ether oxygens (including phenoxy) is 3. The molecule has 0 radical (unpaired) electrons. The van der Waals surface area contributed by atoms with Crippen LogP contribution in [-0.4, -0.2) is 69.9 Å². The summed E-state index contributed by atoms with van der Waals surface area (Å²) in [5.74, 6) is 1.65. The number of hydrogen-bond acceptors (Lipinski definition) is 9. The molecule has 0 saturated carbocycles. The average molecular weight is 644 g/mol. The largest absolute Gasteiger partial charge is 0.493 e. The molecule has 0 bridgehead atoms. The van der Waals surface area contributed by atoms with Crippen LogP contribution in [0.4, 0.5) is 11.5 Å². The van der Waals surface area contributed by atoms with Gasteiger partial charge in [-0.1, -0.05) is 41.4 Å². The molecule has 2 heterocycles. The lowest BCUT2D eigenvalue weighted by molar-refractivity contribution is 0.0357. The van der Waals surface area contributed by atoms with Gasteiger partial charge in [0.1, 0.15) is 12.1 Å². The molecule has 0 spiro atoms. The monoisotopic (exact) mass is 642 g/mol. The van der Waals surface area contributed by atoms with Crippen molar-refractivity contribution >= 4 is 61.5 Å². The van der Waals surface area contributed by atoms with Gasteiger partial charge in [-0.3, -0.25) is 4.90 Å². The Bertz CT molecular complexity index is 1690. The van der Waals surface area contributed by atoms with Crippen LogP contribution in [0.3, 0.4) is 0 Å². The Labute approximate surface area is 261 Å². The van der Waals surface area contributed by atoms with Gasteiger partial charge in [0.2, 0.25) is 0 Å². The minimum Gasteiger partial charge on any atom is -0.493 e. The van der Waals surface area contributed by atoms with E-state index >= 15 is 0 Å². The third kappa shape index (κ3) is 8.58. The smallest absolute Gasteiger partial charge is 0.175 e. The van der Waals surface area contributed by atoms with Gasteiger partial charge in [-0.05, 0) is 54.0 Å². The fourth-order valence-electron chi connectivity index (χ4n) is 4.65. The highest BCUT2D eigenvalue weighted by atomic mass is 35.5. The molecule has 1 aromatic heterocycles. The summed E-state index contributed by atoms with van der Waals surface area (Å²) in [6, 6.07) is 15.8. The van der Waals surface area contributed by atoms with Crippen molar-refractivity contribution in [3.8, 4) is 11.5 Å². The van der Waals surface area contributed by atoms with Crippen LogP contribution in [0.25, 0.3) is 17.0 Å². The molecule has 3 aromatic carbocycles. The Kier molecular flexibility index (Phi) is 10.4. The van der Waals surface area contributed by atoms with Gasteiger partial charge in [-0.15, -0.1) is 0 Å². The number of anilines is 2. The maximum Gasteiger partial charge on any atom is 0.175 e. The van der Waals surface area contributed by atoms with Crippen molar-refractivity contribution in [1.29, 1.82) is 0 Å². The topological polar surface area (TPSA) is 103 Å². The molecule has 4 aromatic rings. The maximum atomic E-state index is 12.7. The summed E-state index contributed by atoms with van der Waals surface area (Å²) in [6.45, 7) is 4.92. The summed E-state index contributed by atoms with van der Waals surface area (Å²) in [7, 11) is -1.93. The number of benzene rings is 3. The van der Waals surface area contributed by atoms with E-state index in [-0.39, 0.29) is 5.75 Å². The Morgan fingerprint density at radius 2 is 1.81 bits per heavy atom. The van der Waals surface area contributed by atoms with E-state index in [0.717, 1.165) is 55.8 Å². The van der Waals surface area contributed by atoms with Gasteiger partial charge in [-0.25, -0.2) is 18.4 Å². The number of morpholine rings is 1. The zero-order valence-corrected chi connectivity index (χ0v) is 26.0. The maximum absolute atomic E-state index is 12.7. The minimum absolute atomic E-state index is 0.155. The van der Waals surface area contributed by atoms with Crippen LogP contribution in [0.2, 0.25) is 10.0 Å². The van der Waals surface area contributed by atoms with Crippen LogP contribution in [0.1, 0.15) is 17.5 Å². The van der Waals surface area contributed by atoms with Gasteiger partial charge in [-0.2, -0.15) is 0 Å². The van der Waals surface area contributed by atoms with Gasteiger partial charge in [0, 0.05) is 52.2 Å². The van der Waals surface area contributed by atoms with Crippen LogP contribution in [-0.2, 0) is 20.3 Å². The second-order valence-electron chi connectivity index (χ2n) is 10.00. The van der Waals surface area contributed by atoms with E-state index in [1.165, 1.54) is 12.4 Å². The van der Waals surface area contributed by atoms with E-state index in [9.17, 15) is 8.42 Å². The molecule has 1 aliphatic heterocycles. The Balaban J connectivity index is 1.25. The highest BCUT2D eigenvalue weighted by Crippen LogP contribution is 2.35. The van der Waals surface area contributed by atoms with E-state index < -0.39 is 9.84 Å². The molecule has 1 N–H and O–H groups in total. The Morgan fingerprint density at radius 1 is 1.02 bits per heavy atom. The summed E-state index contributed by atoms with van der Waals surface area (Å²) in [5.41, 5.74) is 2.66. The summed E-state index contributed by atoms with van der Waals surface area (Å²) < 4.78 is 42.5. The van der Waals surface area contributed by atoms with Crippen molar-refractivity contribution < 1.29 is 22.6 Å². The Morgan fingerprint density at radius 3 is 2.56 bits per heavy atom. The summed E-state index contributed by atoms with van der Waals surface area (Å²) in [4.78, 5) is 11.2. The lowest BCUT2D eigenvalue weighted by Gasteiger charge is -2.26. The predicted octanol–water partition coefficient (Wildman–Crippen LogP) is 6.38. The van der Waals surface area contributed by atoms with E-state index in [1.54, 1.807) is 37.4 Å². The first-order valence-corrected chi connectivity index (χ1v) is 16.2. The number of nitrogens with one attached hydrogen (secondary N) is 1. The van der Waals surface area contributed by atoms with Crippen LogP contribution < -0.4 is 14.8 Å². The number of methoxy groups -OCH3 is 1. The van der Waals surface area contributed by atoms with E-state index in [0.29, 0.717) is 50.6 Å². The van der Waals surface area contributed by atoms with E-state index in [4.69, 9.17) is 37.4 Å². The SMILES string of the molecule is COc1cc2ncnc(Nc3ccc(CS(=O)(=O)/C=C/c4ccc(Cl)cc4Cl)cc3)c2cc1OCCCN1CCOCC1. The molecule has 1 saturated heterocycles. The highest BCUT2D eigenvalue weighted by Gasteiger charge is 2.14. The predicted molar refractivity (Wildman–Crippen MR) is 171 cm³/mol. The van der Waals surface area contributed by atoms with Crippen molar-refractivity contribution in [2.45, 2.75) is 12.2 Å². The molecule has 0 amide bonds. The van der Waals surface area contributed by atoms with Gasteiger partial charge in [0.15, 0.2) is 21.3 Å². The number of fused-ring (bicyclic) bond motifs is 1. The van der Waals surface area contributed by atoms with Crippen molar-refractivity contribution in [3.63, 3.8) is 0 Å². The molecule has 1 aliphatic rings. The van der Waals surface area contributed by atoms with Crippen molar-refractivity contribution in [3.05, 3.63) is 87.5 Å². The van der Waals surface area contributed by atoms with Crippen LogP contribution in [0, 0.1) is 0 Å². The number of rotatable bonds is 12. The van der Waals surface area contributed by atoms with Crippen LogP contribution in [0.15, 0.2) is 66.3 Å². The van der Waals surface area contributed by atoms with Gasteiger partial charge in [0.05, 0.1) is 38.2 Å². The van der Waals surface area contributed by atoms with E-state index in [1.807, 2.05) is 24.3 Å². The molecule has 5 rings (SSSR count). The highest BCUT2D eigenvalue weighted by molar-refractivity contribution is 7.93. The zero-order valence-electron chi connectivity index (χ0n) is 23.6. The van der Waals surface area contributed by atoms with Gasteiger partial charge >= 0.3 is 0 Å². The number of hydrogen-bond donors (Lipinski definition) is 1. The minimum atomic E-state index is -3.54. The number of aromatic nitrogens is 2. The fraction of sp³-hybridized carbons (Fsp3) is 0.290. The molecule has 12 heteroatoms. The second-order valence-corrected chi connectivity index (χ2v) is 12.7. The average Bonchev–Trinajstić information content (AvgIpc) is 3.00. The van der Waals surface area contributed by atoms with Crippen LogP contribution >= 0.6 is 23.2 Å². The fourth-order valence-corrected chi connectivity index (χ4v) is 6.22. The van der Waals surface area contributed by atoms with Crippen LogP contribution in [0.5, 0.6) is 11.5 Å². The zero-order chi connectivity index (χ0) is 30.2. The number of nitrogens with zero attached hydrogens (tertiary/aromatic N) is 3. The second kappa shape index (κ2) is 14.4. The standard InChI is InChI=1S/C31H32Cl2N4O5S/c1-40-29-19-28-26(18-30(29)42-13-2-10-37-11-14-41-15-12-37)31(35-21-34-28)36-25-7-3-22(4-8-25)20-43(38,39)16-9-23-5-6-24(32)17-27(23)33/h3-9,16-19,21H,2,10-15,20H2,1H3,(H,34,35,36)/b16-9+. The third-order valence-electron chi connectivity index (χ3n) is 6.90. The normalized spacial score (nSPS) is 14.3. The number of halogens is 2. The van der Waals surface area contributed by atoms with Gasteiger partial charge < -0.3 is 19.5 Å². The van der Waals surface area contributed by atoms with Gasteiger partial charge in [0.25, 0.3) is 0 Å². The molecule has 9 nitrogen and oxygen atoms in total. The van der Waals surface area contributed by atoms with Crippen molar-refractivity contribution in [2.24, 2.45) is 0 Å². The molecule has 0 unspecified atom stereocenters. The van der Waals surface area contributed by atoms with E-state index in [2.05, 4.69) is 20.2 Å². The lowest BCUT2D eigenvalue weighted by Crippen LogP contribution is -2.37. The summed E-state index contributed by atoms with van der Waals surface area (Å²) in [5, 5.41) is 6.11. The Hall–Kier alpha value is -3.41. The summed E-state index contributed by atoms with van der Waals surface area (Å²) in [6.07, 6.45) is 3.83. The molecule has 0 atom stereocenters. The first-order chi connectivity index (χ1) is 20.8. The molecular formula is C31H32Cl2N4O5S. The molecule has 43 heavy (non-hydrogen) atoms. The quantitative estimate of drug-likeness (QED) is 0.176. The number of sulfone groups is 1. The third-order valence-corrected chi connectivity index (χ3v) is 8.75. The summed E-state index contributed by atoms with van der Waals surface area (Å²) >= 11 is 12.1. The lowest BCUT2D eigenvalue weighted by atomic mass is 10.2. The molecular weight excluding hydrogens is 611 g/mol. The molecule has 226 valence electrons. The molecule has 0 aliphatic carbocycles. The van der Waals surface area contributed by atoms with Crippen molar-refractivity contribution in [2.75, 3.05) is 51.9 Å². The molecule has 1 fully saturated rings. The first kappa shape index (κ1) is 31.0.